The van der Waals surface area contributed by atoms with Gasteiger partial charge in [-0.1, -0.05) is 15.9 Å². The van der Waals surface area contributed by atoms with Gasteiger partial charge in [-0.3, -0.25) is 9.78 Å². The topological polar surface area (TPSA) is 101 Å². The molecular formula is C18H16BrN5O3. The average Bonchev–Trinajstić information content (AvgIpc) is 2.68. The molecule has 0 unspecified atom stereocenters. The van der Waals surface area contributed by atoms with Crippen LogP contribution in [0.15, 0.2) is 56.8 Å². The second-order valence-corrected chi connectivity index (χ2v) is 6.25. The molecule has 0 aliphatic heterocycles. The molecule has 3 rings (SSSR count). The summed E-state index contributed by atoms with van der Waals surface area (Å²) in [5, 5.41) is 12.0. The summed E-state index contributed by atoms with van der Waals surface area (Å²) in [7, 11) is 3.15. The lowest BCUT2D eigenvalue weighted by molar-refractivity contribution is 0.414. The monoisotopic (exact) mass is 429 g/mol. The Morgan fingerprint density at radius 1 is 1.11 bits per heavy atom. The minimum Gasteiger partial charge on any atom is -0.497 e. The van der Waals surface area contributed by atoms with Crippen LogP contribution in [0.5, 0.6) is 11.5 Å². The molecule has 138 valence electrons. The highest BCUT2D eigenvalue weighted by atomic mass is 79.9. The lowest BCUT2D eigenvalue weighted by Gasteiger charge is -2.05. The number of benzene rings is 2. The Balaban J connectivity index is 1.76. The Morgan fingerprint density at radius 2 is 1.89 bits per heavy atom. The van der Waals surface area contributed by atoms with Crippen molar-refractivity contribution in [3.63, 3.8) is 0 Å². The van der Waals surface area contributed by atoms with E-state index in [4.69, 9.17) is 9.47 Å². The van der Waals surface area contributed by atoms with Crippen molar-refractivity contribution in [1.82, 2.24) is 15.2 Å². The van der Waals surface area contributed by atoms with Gasteiger partial charge in [0.25, 0.3) is 5.56 Å². The largest absolute Gasteiger partial charge is 0.497 e. The molecule has 0 spiro atoms. The van der Waals surface area contributed by atoms with Gasteiger partial charge in [0, 0.05) is 15.6 Å². The molecule has 8 nitrogen and oxygen atoms in total. The second-order valence-electron chi connectivity index (χ2n) is 5.34. The number of nitrogens with zero attached hydrogens (tertiary/aromatic N) is 3. The number of halogens is 1. The van der Waals surface area contributed by atoms with Crippen molar-refractivity contribution in [1.29, 1.82) is 0 Å². The molecule has 2 aromatic carbocycles. The van der Waals surface area contributed by atoms with Crippen LogP contribution in [0.1, 0.15) is 5.56 Å². The van der Waals surface area contributed by atoms with Crippen molar-refractivity contribution in [3.05, 3.63) is 62.9 Å². The fraction of sp³-hybridized carbons (Fsp3) is 0.111. The minimum atomic E-state index is -0.382. The molecule has 0 radical (unpaired) electrons. The molecule has 0 bridgehead atoms. The van der Waals surface area contributed by atoms with Crippen LogP contribution in [0, 0.1) is 0 Å². The summed E-state index contributed by atoms with van der Waals surface area (Å²) >= 11 is 3.40. The first-order chi connectivity index (χ1) is 13.1. The molecule has 0 aliphatic rings. The smallest absolute Gasteiger partial charge is 0.279 e. The first-order valence-corrected chi connectivity index (χ1v) is 8.64. The highest BCUT2D eigenvalue weighted by Gasteiger charge is 2.08. The number of hydrogen-bond acceptors (Lipinski definition) is 7. The summed E-state index contributed by atoms with van der Waals surface area (Å²) in [6, 6.07) is 12.5. The Kier molecular flexibility index (Phi) is 5.82. The molecule has 0 aliphatic carbocycles. The van der Waals surface area contributed by atoms with E-state index in [2.05, 4.69) is 41.6 Å². The Hall–Kier alpha value is -3.20. The van der Waals surface area contributed by atoms with Crippen LogP contribution in [0.25, 0.3) is 11.3 Å². The van der Waals surface area contributed by atoms with Gasteiger partial charge in [0.15, 0.2) is 5.69 Å². The van der Waals surface area contributed by atoms with Crippen molar-refractivity contribution in [2.24, 2.45) is 5.10 Å². The zero-order valence-corrected chi connectivity index (χ0v) is 16.1. The van der Waals surface area contributed by atoms with Crippen LogP contribution < -0.4 is 20.5 Å². The maximum Gasteiger partial charge on any atom is 0.279 e. The van der Waals surface area contributed by atoms with Crippen LogP contribution in [0.3, 0.4) is 0 Å². The molecule has 0 saturated heterocycles. The summed E-state index contributed by atoms with van der Waals surface area (Å²) in [6.45, 7) is 0. The number of rotatable bonds is 6. The van der Waals surface area contributed by atoms with E-state index in [9.17, 15) is 4.79 Å². The lowest BCUT2D eigenvalue weighted by Crippen LogP contribution is -2.15. The summed E-state index contributed by atoms with van der Waals surface area (Å²) in [4.78, 5) is 14.9. The van der Waals surface area contributed by atoms with E-state index in [1.54, 1.807) is 44.7 Å². The zero-order valence-electron chi connectivity index (χ0n) is 14.6. The van der Waals surface area contributed by atoms with Gasteiger partial charge in [0.2, 0.25) is 5.95 Å². The number of hydrogen-bond donors (Lipinski definition) is 2. The van der Waals surface area contributed by atoms with E-state index >= 15 is 0 Å². The number of ether oxygens (including phenoxy) is 2. The van der Waals surface area contributed by atoms with E-state index in [0.717, 1.165) is 10.0 Å². The Bertz CT molecular complexity index is 1020. The first kappa shape index (κ1) is 18.6. The van der Waals surface area contributed by atoms with Crippen LogP contribution in [0.4, 0.5) is 5.95 Å². The van der Waals surface area contributed by atoms with Crippen LogP contribution in [0.2, 0.25) is 0 Å². The van der Waals surface area contributed by atoms with Gasteiger partial charge in [-0.05, 0) is 42.5 Å². The standard InChI is InChI=1S/C18H16BrN5O3/c1-26-14-6-3-11(4-7-14)16-17(25)21-18(24-22-16)23-20-10-12-9-13(19)5-8-15(12)27-2/h3-10H,1-2H3,(H2,21,23,24,25)/b20-10+. The van der Waals surface area contributed by atoms with Gasteiger partial charge in [-0.15, -0.1) is 10.2 Å². The first-order valence-electron chi connectivity index (χ1n) is 7.84. The van der Waals surface area contributed by atoms with Crippen molar-refractivity contribution < 1.29 is 9.47 Å². The zero-order chi connectivity index (χ0) is 19.2. The second kappa shape index (κ2) is 8.45. The highest BCUT2D eigenvalue weighted by Crippen LogP contribution is 2.21. The number of anilines is 1. The summed E-state index contributed by atoms with van der Waals surface area (Å²) in [5.41, 5.74) is 3.87. The van der Waals surface area contributed by atoms with Crippen LogP contribution >= 0.6 is 15.9 Å². The van der Waals surface area contributed by atoms with E-state index < -0.39 is 0 Å². The molecule has 3 aromatic rings. The number of H-pyrrole nitrogens is 1. The van der Waals surface area contributed by atoms with Crippen molar-refractivity contribution >= 4 is 28.1 Å². The fourth-order valence-electron chi connectivity index (χ4n) is 2.29. The predicted molar refractivity (Wildman–Crippen MR) is 107 cm³/mol. The van der Waals surface area contributed by atoms with Crippen LogP contribution in [-0.4, -0.2) is 35.6 Å². The molecule has 9 heteroatoms. The van der Waals surface area contributed by atoms with E-state index in [1.165, 1.54) is 0 Å². The van der Waals surface area contributed by atoms with E-state index in [1.807, 2.05) is 18.2 Å². The third kappa shape index (κ3) is 4.50. The fourth-order valence-corrected chi connectivity index (χ4v) is 2.67. The molecule has 1 aromatic heterocycles. The number of methoxy groups -OCH3 is 2. The van der Waals surface area contributed by atoms with Crippen LogP contribution in [-0.2, 0) is 0 Å². The lowest BCUT2D eigenvalue weighted by atomic mass is 10.1. The summed E-state index contributed by atoms with van der Waals surface area (Å²) in [5.74, 6) is 1.49. The van der Waals surface area contributed by atoms with Crippen molar-refractivity contribution in [2.45, 2.75) is 0 Å². The average molecular weight is 430 g/mol. The van der Waals surface area contributed by atoms with Gasteiger partial charge in [-0.2, -0.15) is 5.10 Å². The molecule has 0 saturated carbocycles. The summed E-state index contributed by atoms with van der Waals surface area (Å²) in [6.07, 6.45) is 1.56. The molecule has 1 heterocycles. The van der Waals surface area contributed by atoms with Crippen molar-refractivity contribution in [2.75, 3.05) is 19.6 Å². The third-order valence-electron chi connectivity index (χ3n) is 3.63. The Labute approximate surface area is 163 Å². The maximum absolute atomic E-state index is 12.3. The molecule has 27 heavy (non-hydrogen) atoms. The minimum absolute atomic E-state index is 0.127. The molecule has 0 amide bonds. The number of nitrogens with one attached hydrogen (secondary N) is 2. The SMILES string of the molecule is COc1ccc(-c2nnc(N/N=C/c3cc(Br)ccc3OC)[nH]c2=O)cc1. The van der Waals surface area contributed by atoms with Gasteiger partial charge < -0.3 is 9.47 Å². The Morgan fingerprint density at radius 3 is 2.56 bits per heavy atom. The maximum atomic E-state index is 12.3. The molecular weight excluding hydrogens is 414 g/mol. The number of hydrazone groups is 1. The molecule has 0 fully saturated rings. The van der Waals surface area contributed by atoms with E-state index in [0.29, 0.717) is 17.1 Å². The third-order valence-corrected chi connectivity index (χ3v) is 4.12. The van der Waals surface area contributed by atoms with Gasteiger partial charge in [0.1, 0.15) is 11.5 Å². The normalized spacial score (nSPS) is 10.8. The van der Waals surface area contributed by atoms with Gasteiger partial charge in [-0.25, -0.2) is 5.43 Å². The van der Waals surface area contributed by atoms with E-state index in [-0.39, 0.29) is 17.2 Å². The number of aromatic amines is 1. The molecule has 0 atom stereocenters. The quantitative estimate of drug-likeness (QED) is 0.461. The number of aromatic nitrogens is 3. The predicted octanol–water partition coefficient (Wildman–Crippen LogP) is 3.06. The highest BCUT2D eigenvalue weighted by molar-refractivity contribution is 9.10. The van der Waals surface area contributed by atoms with Gasteiger partial charge in [0.05, 0.1) is 20.4 Å². The summed E-state index contributed by atoms with van der Waals surface area (Å²) < 4.78 is 11.3. The van der Waals surface area contributed by atoms with Crippen molar-refractivity contribution in [3.8, 4) is 22.8 Å². The van der Waals surface area contributed by atoms with Gasteiger partial charge >= 0.3 is 0 Å². The molecule has 2 N–H and O–H groups in total.